The standard InChI is InChI=1S/C10H18N2O4S/c1-3-16-5-4-12(2)17(14,15)10-6-9(8-13)11-7-10/h6-7,11,13H,3-5,8H2,1-2H3. The number of nitrogens with one attached hydrogen (secondary N) is 1. The quantitative estimate of drug-likeness (QED) is 0.686. The van der Waals surface area contributed by atoms with Gasteiger partial charge in [0.1, 0.15) is 0 Å². The number of H-pyrrole nitrogens is 1. The third-order valence-corrected chi connectivity index (χ3v) is 4.18. The first-order valence-corrected chi connectivity index (χ1v) is 6.78. The molecule has 0 aliphatic rings. The highest BCUT2D eigenvalue weighted by molar-refractivity contribution is 7.89. The van der Waals surface area contributed by atoms with E-state index in [4.69, 9.17) is 9.84 Å². The van der Waals surface area contributed by atoms with Crippen LogP contribution in [0.4, 0.5) is 0 Å². The minimum absolute atomic E-state index is 0.153. The summed E-state index contributed by atoms with van der Waals surface area (Å²) in [4.78, 5) is 2.85. The minimum Gasteiger partial charge on any atom is -0.390 e. The summed E-state index contributed by atoms with van der Waals surface area (Å²) in [5, 5.41) is 8.87. The van der Waals surface area contributed by atoms with Crippen molar-refractivity contribution in [3.05, 3.63) is 18.0 Å². The molecule has 1 heterocycles. The van der Waals surface area contributed by atoms with Gasteiger partial charge in [0, 0.05) is 32.1 Å². The first kappa shape index (κ1) is 14.2. The molecule has 0 aliphatic heterocycles. The second-order valence-corrected chi connectivity index (χ2v) is 5.59. The van der Waals surface area contributed by atoms with E-state index in [0.29, 0.717) is 25.5 Å². The molecule has 98 valence electrons. The second-order valence-electron chi connectivity index (χ2n) is 3.54. The Morgan fingerprint density at radius 1 is 1.53 bits per heavy atom. The molecule has 0 atom stereocenters. The molecular formula is C10H18N2O4S. The van der Waals surface area contributed by atoms with Gasteiger partial charge in [0.05, 0.1) is 18.1 Å². The Morgan fingerprint density at radius 2 is 2.24 bits per heavy atom. The van der Waals surface area contributed by atoms with Crippen molar-refractivity contribution in [1.29, 1.82) is 0 Å². The Hall–Kier alpha value is -0.890. The monoisotopic (exact) mass is 262 g/mol. The van der Waals surface area contributed by atoms with E-state index < -0.39 is 10.0 Å². The number of ether oxygens (including phenoxy) is 1. The molecule has 6 nitrogen and oxygen atoms in total. The lowest BCUT2D eigenvalue weighted by molar-refractivity contribution is 0.138. The summed E-state index contributed by atoms with van der Waals surface area (Å²) in [7, 11) is -2.00. The van der Waals surface area contributed by atoms with E-state index in [1.807, 2.05) is 6.92 Å². The highest BCUT2D eigenvalue weighted by Gasteiger charge is 2.21. The lowest BCUT2D eigenvalue weighted by Crippen LogP contribution is -2.30. The molecule has 1 rings (SSSR count). The number of rotatable bonds is 7. The van der Waals surface area contributed by atoms with Crippen LogP contribution in [0, 0.1) is 0 Å². The third kappa shape index (κ3) is 3.53. The van der Waals surface area contributed by atoms with E-state index >= 15 is 0 Å². The molecule has 1 aromatic heterocycles. The lowest BCUT2D eigenvalue weighted by atomic mass is 10.5. The molecule has 0 amide bonds. The van der Waals surface area contributed by atoms with Crippen LogP contribution in [0.2, 0.25) is 0 Å². The van der Waals surface area contributed by atoms with E-state index in [1.165, 1.54) is 23.6 Å². The van der Waals surface area contributed by atoms with Crippen molar-refractivity contribution in [1.82, 2.24) is 9.29 Å². The highest BCUT2D eigenvalue weighted by Crippen LogP contribution is 2.15. The fourth-order valence-electron chi connectivity index (χ4n) is 1.30. The smallest absolute Gasteiger partial charge is 0.244 e. The molecule has 1 aromatic rings. The SMILES string of the molecule is CCOCCN(C)S(=O)(=O)c1c[nH]c(CO)c1. The minimum atomic E-state index is -3.50. The summed E-state index contributed by atoms with van der Waals surface area (Å²) in [6.07, 6.45) is 1.37. The van der Waals surface area contributed by atoms with Crippen LogP contribution in [-0.4, -0.2) is 49.6 Å². The molecule has 7 heteroatoms. The van der Waals surface area contributed by atoms with E-state index in [-0.39, 0.29) is 11.5 Å². The number of hydrogen-bond donors (Lipinski definition) is 2. The Kier molecular flexibility index (Phi) is 5.13. The Morgan fingerprint density at radius 3 is 2.76 bits per heavy atom. The van der Waals surface area contributed by atoms with Gasteiger partial charge in [0.25, 0.3) is 0 Å². The predicted molar refractivity (Wildman–Crippen MR) is 63.0 cm³/mol. The second kappa shape index (κ2) is 6.15. The van der Waals surface area contributed by atoms with Crippen molar-refractivity contribution in [3.63, 3.8) is 0 Å². The first-order valence-electron chi connectivity index (χ1n) is 5.34. The fraction of sp³-hybridized carbons (Fsp3) is 0.600. The maximum absolute atomic E-state index is 12.0. The van der Waals surface area contributed by atoms with Crippen molar-refractivity contribution >= 4 is 10.0 Å². The maximum Gasteiger partial charge on any atom is 0.244 e. The number of aromatic amines is 1. The van der Waals surface area contributed by atoms with Crippen molar-refractivity contribution in [2.45, 2.75) is 18.4 Å². The summed E-state index contributed by atoms with van der Waals surface area (Å²) in [6, 6.07) is 1.42. The van der Waals surface area contributed by atoms with Crippen molar-refractivity contribution in [2.24, 2.45) is 0 Å². The third-order valence-electron chi connectivity index (χ3n) is 2.35. The number of hydrogen-bond acceptors (Lipinski definition) is 4. The molecule has 0 saturated carbocycles. The van der Waals surface area contributed by atoms with E-state index in [0.717, 1.165) is 0 Å². The largest absolute Gasteiger partial charge is 0.390 e. The Bertz CT molecular complexity index is 441. The van der Waals surface area contributed by atoms with Crippen LogP contribution in [0.1, 0.15) is 12.6 Å². The molecule has 2 N–H and O–H groups in total. The summed E-state index contributed by atoms with van der Waals surface area (Å²) in [5.41, 5.74) is 0.474. The van der Waals surface area contributed by atoms with Gasteiger partial charge in [-0.1, -0.05) is 0 Å². The number of aromatic nitrogens is 1. The van der Waals surface area contributed by atoms with E-state index in [9.17, 15) is 8.42 Å². The van der Waals surface area contributed by atoms with Crippen LogP contribution in [0.3, 0.4) is 0 Å². The summed E-state index contributed by atoms with van der Waals surface area (Å²) < 4.78 is 30.4. The summed E-state index contributed by atoms with van der Waals surface area (Å²) in [6.45, 7) is 2.87. The Labute approximate surface area is 101 Å². The van der Waals surface area contributed by atoms with Gasteiger partial charge in [-0.05, 0) is 13.0 Å². The normalized spacial score (nSPS) is 12.2. The van der Waals surface area contributed by atoms with Crippen LogP contribution in [0.25, 0.3) is 0 Å². The van der Waals surface area contributed by atoms with E-state index in [1.54, 1.807) is 0 Å². The number of likely N-dealkylation sites (N-methyl/N-ethyl adjacent to an activating group) is 1. The number of aliphatic hydroxyl groups is 1. The number of aliphatic hydroxyl groups excluding tert-OH is 1. The molecule has 0 fully saturated rings. The molecule has 0 spiro atoms. The van der Waals surface area contributed by atoms with Crippen molar-refractivity contribution < 1.29 is 18.3 Å². The van der Waals surface area contributed by atoms with Crippen LogP contribution in [0.15, 0.2) is 17.2 Å². The molecule has 0 saturated heterocycles. The summed E-state index contributed by atoms with van der Waals surface area (Å²) >= 11 is 0. The van der Waals surface area contributed by atoms with Gasteiger partial charge in [-0.2, -0.15) is 4.31 Å². The summed E-state index contributed by atoms with van der Waals surface area (Å²) in [5.74, 6) is 0. The van der Waals surface area contributed by atoms with Gasteiger partial charge in [-0.25, -0.2) is 8.42 Å². The average molecular weight is 262 g/mol. The van der Waals surface area contributed by atoms with Crippen LogP contribution in [0.5, 0.6) is 0 Å². The van der Waals surface area contributed by atoms with Gasteiger partial charge >= 0.3 is 0 Å². The van der Waals surface area contributed by atoms with Gasteiger partial charge in [0.2, 0.25) is 10.0 Å². The van der Waals surface area contributed by atoms with Gasteiger partial charge in [-0.3, -0.25) is 0 Å². The molecule has 17 heavy (non-hydrogen) atoms. The lowest BCUT2D eigenvalue weighted by Gasteiger charge is -2.15. The number of nitrogens with zero attached hydrogens (tertiary/aromatic N) is 1. The first-order chi connectivity index (χ1) is 8.02. The molecule has 0 radical (unpaired) electrons. The zero-order valence-electron chi connectivity index (χ0n) is 10.0. The van der Waals surface area contributed by atoms with Crippen LogP contribution in [-0.2, 0) is 21.4 Å². The van der Waals surface area contributed by atoms with Crippen molar-refractivity contribution in [2.75, 3.05) is 26.8 Å². The predicted octanol–water partition coefficient (Wildman–Crippen LogP) is 0.164. The zero-order valence-corrected chi connectivity index (χ0v) is 10.8. The van der Waals surface area contributed by atoms with Gasteiger partial charge < -0.3 is 14.8 Å². The average Bonchev–Trinajstić information content (AvgIpc) is 2.78. The fourth-order valence-corrected chi connectivity index (χ4v) is 2.47. The maximum atomic E-state index is 12.0. The van der Waals surface area contributed by atoms with Crippen LogP contribution >= 0.6 is 0 Å². The van der Waals surface area contributed by atoms with Crippen molar-refractivity contribution in [3.8, 4) is 0 Å². The zero-order chi connectivity index (χ0) is 12.9. The topological polar surface area (TPSA) is 82.6 Å². The van der Waals surface area contributed by atoms with Crippen LogP contribution < -0.4 is 0 Å². The molecule has 0 bridgehead atoms. The Balaban J connectivity index is 2.73. The van der Waals surface area contributed by atoms with E-state index in [2.05, 4.69) is 4.98 Å². The van der Waals surface area contributed by atoms with Gasteiger partial charge in [0.15, 0.2) is 0 Å². The molecule has 0 aromatic carbocycles. The number of sulfonamides is 1. The highest BCUT2D eigenvalue weighted by atomic mass is 32.2. The molecule has 0 unspecified atom stereocenters. The molecular weight excluding hydrogens is 244 g/mol. The van der Waals surface area contributed by atoms with Gasteiger partial charge in [-0.15, -0.1) is 0 Å². The molecule has 0 aliphatic carbocycles.